The van der Waals surface area contributed by atoms with Gasteiger partial charge in [-0.1, -0.05) is 65.2 Å². The SMILES string of the molecule is CCCCCCCCCCC(NCCC)c1ccnnc1. The zero-order valence-electron chi connectivity index (χ0n) is 14.0. The Balaban J connectivity index is 2.18. The van der Waals surface area contributed by atoms with E-state index in [4.69, 9.17) is 0 Å². The van der Waals surface area contributed by atoms with Crippen molar-refractivity contribution in [1.29, 1.82) is 0 Å². The van der Waals surface area contributed by atoms with E-state index in [2.05, 4.69) is 35.4 Å². The lowest BCUT2D eigenvalue weighted by Gasteiger charge is -2.18. The number of hydrogen-bond acceptors (Lipinski definition) is 3. The van der Waals surface area contributed by atoms with Crippen molar-refractivity contribution in [3.8, 4) is 0 Å². The molecule has 0 aliphatic carbocycles. The van der Waals surface area contributed by atoms with Crippen LogP contribution in [0.3, 0.4) is 0 Å². The maximum absolute atomic E-state index is 4.01. The molecule has 0 aliphatic heterocycles. The van der Waals surface area contributed by atoms with Crippen molar-refractivity contribution in [3.05, 3.63) is 24.0 Å². The molecule has 1 atom stereocenters. The monoisotopic (exact) mass is 291 g/mol. The van der Waals surface area contributed by atoms with E-state index in [1.807, 2.05) is 6.20 Å². The third-order valence-electron chi connectivity index (χ3n) is 4.00. The lowest BCUT2D eigenvalue weighted by molar-refractivity contribution is 0.463. The molecular weight excluding hydrogens is 258 g/mol. The van der Waals surface area contributed by atoms with Gasteiger partial charge in [-0.2, -0.15) is 10.2 Å². The van der Waals surface area contributed by atoms with Gasteiger partial charge in [-0.3, -0.25) is 0 Å². The van der Waals surface area contributed by atoms with E-state index in [1.165, 1.54) is 69.8 Å². The predicted octanol–water partition coefficient (Wildman–Crippen LogP) is 5.05. The molecule has 1 rings (SSSR count). The molecule has 0 saturated carbocycles. The van der Waals surface area contributed by atoms with Gasteiger partial charge in [0.2, 0.25) is 0 Å². The summed E-state index contributed by atoms with van der Waals surface area (Å²) in [5.74, 6) is 0. The average Bonchev–Trinajstić information content (AvgIpc) is 2.53. The number of unbranched alkanes of at least 4 members (excludes halogenated alkanes) is 7. The summed E-state index contributed by atoms with van der Waals surface area (Å²) < 4.78 is 0. The summed E-state index contributed by atoms with van der Waals surface area (Å²) in [4.78, 5) is 0. The van der Waals surface area contributed by atoms with Gasteiger partial charge in [0.15, 0.2) is 0 Å². The smallest absolute Gasteiger partial charge is 0.0544 e. The lowest BCUT2D eigenvalue weighted by atomic mass is 10.0. The Bertz CT molecular complexity index is 326. The number of nitrogens with one attached hydrogen (secondary N) is 1. The molecule has 0 saturated heterocycles. The largest absolute Gasteiger partial charge is 0.310 e. The molecule has 3 heteroatoms. The third kappa shape index (κ3) is 8.82. The zero-order valence-corrected chi connectivity index (χ0v) is 14.0. The molecule has 21 heavy (non-hydrogen) atoms. The second-order valence-corrected chi connectivity index (χ2v) is 5.95. The quantitative estimate of drug-likeness (QED) is 0.517. The van der Waals surface area contributed by atoms with Crippen LogP contribution in [-0.2, 0) is 0 Å². The lowest BCUT2D eigenvalue weighted by Crippen LogP contribution is -2.22. The number of nitrogens with zero attached hydrogens (tertiary/aromatic N) is 2. The van der Waals surface area contributed by atoms with E-state index in [1.54, 1.807) is 6.20 Å². The van der Waals surface area contributed by atoms with Gasteiger partial charge in [-0.05, 0) is 31.0 Å². The van der Waals surface area contributed by atoms with Crippen LogP contribution in [0.4, 0.5) is 0 Å². The minimum atomic E-state index is 0.445. The Kier molecular flexibility index (Phi) is 11.0. The molecule has 120 valence electrons. The molecule has 1 aromatic rings. The van der Waals surface area contributed by atoms with Crippen molar-refractivity contribution in [1.82, 2.24) is 15.5 Å². The summed E-state index contributed by atoms with van der Waals surface area (Å²) in [6, 6.07) is 2.53. The molecule has 0 bridgehead atoms. The Morgan fingerprint density at radius 1 is 0.905 bits per heavy atom. The van der Waals surface area contributed by atoms with Crippen LogP contribution >= 0.6 is 0 Å². The Labute approximate surface area is 130 Å². The minimum Gasteiger partial charge on any atom is -0.310 e. The van der Waals surface area contributed by atoms with E-state index < -0.39 is 0 Å². The van der Waals surface area contributed by atoms with Crippen LogP contribution in [0.1, 0.15) is 89.7 Å². The molecule has 0 amide bonds. The predicted molar refractivity (Wildman–Crippen MR) is 90.3 cm³/mol. The van der Waals surface area contributed by atoms with Crippen LogP contribution in [0, 0.1) is 0 Å². The molecule has 1 heterocycles. The van der Waals surface area contributed by atoms with Crippen LogP contribution < -0.4 is 5.32 Å². The van der Waals surface area contributed by atoms with Gasteiger partial charge in [0.1, 0.15) is 0 Å². The highest BCUT2D eigenvalue weighted by atomic mass is 15.1. The Morgan fingerprint density at radius 3 is 2.24 bits per heavy atom. The van der Waals surface area contributed by atoms with Crippen LogP contribution in [-0.4, -0.2) is 16.7 Å². The molecule has 3 nitrogen and oxygen atoms in total. The molecule has 0 fully saturated rings. The summed E-state index contributed by atoms with van der Waals surface area (Å²) in [6.45, 7) is 5.56. The number of aromatic nitrogens is 2. The summed E-state index contributed by atoms with van der Waals surface area (Å²) >= 11 is 0. The van der Waals surface area contributed by atoms with Gasteiger partial charge >= 0.3 is 0 Å². The average molecular weight is 291 g/mol. The first-order valence-electron chi connectivity index (χ1n) is 8.88. The minimum absolute atomic E-state index is 0.445. The van der Waals surface area contributed by atoms with E-state index in [0.717, 1.165) is 6.54 Å². The fraction of sp³-hybridized carbons (Fsp3) is 0.778. The normalized spacial score (nSPS) is 12.5. The van der Waals surface area contributed by atoms with Crippen molar-refractivity contribution in [2.24, 2.45) is 0 Å². The summed E-state index contributed by atoms with van der Waals surface area (Å²) in [5.41, 5.74) is 1.28. The zero-order chi connectivity index (χ0) is 15.2. The molecule has 1 unspecified atom stereocenters. The van der Waals surface area contributed by atoms with Gasteiger partial charge in [0.05, 0.1) is 6.20 Å². The van der Waals surface area contributed by atoms with Gasteiger partial charge in [-0.15, -0.1) is 0 Å². The van der Waals surface area contributed by atoms with Crippen LogP contribution in [0.25, 0.3) is 0 Å². The maximum atomic E-state index is 4.01. The van der Waals surface area contributed by atoms with Gasteiger partial charge in [0, 0.05) is 12.2 Å². The van der Waals surface area contributed by atoms with Crippen LogP contribution in [0.15, 0.2) is 18.5 Å². The third-order valence-corrected chi connectivity index (χ3v) is 4.00. The highest BCUT2D eigenvalue weighted by Gasteiger charge is 2.10. The van der Waals surface area contributed by atoms with Crippen molar-refractivity contribution in [2.45, 2.75) is 84.1 Å². The summed E-state index contributed by atoms with van der Waals surface area (Å²) in [7, 11) is 0. The second-order valence-electron chi connectivity index (χ2n) is 5.95. The topological polar surface area (TPSA) is 37.8 Å². The highest BCUT2D eigenvalue weighted by Crippen LogP contribution is 2.19. The van der Waals surface area contributed by atoms with Crippen molar-refractivity contribution in [2.75, 3.05) is 6.54 Å². The standard InChI is InChI=1S/C18H33N3/c1-3-5-6-7-8-9-10-11-12-18(19-14-4-2)17-13-15-20-21-16-17/h13,15-16,18-19H,3-12,14H2,1-2H3. The highest BCUT2D eigenvalue weighted by molar-refractivity contribution is 5.11. The molecule has 0 spiro atoms. The van der Waals surface area contributed by atoms with Gasteiger partial charge < -0.3 is 5.32 Å². The van der Waals surface area contributed by atoms with Crippen molar-refractivity contribution >= 4 is 0 Å². The second kappa shape index (κ2) is 12.8. The summed E-state index contributed by atoms with van der Waals surface area (Å²) in [5, 5.41) is 11.5. The van der Waals surface area contributed by atoms with E-state index in [9.17, 15) is 0 Å². The fourth-order valence-corrected chi connectivity index (χ4v) is 2.69. The molecule has 0 aromatic carbocycles. The molecular formula is C18H33N3. The summed E-state index contributed by atoms with van der Waals surface area (Å²) in [6.07, 6.45) is 17.1. The van der Waals surface area contributed by atoms with Gasteiger partial charge in [-0.25, -0.2) is 0 Å². The Hall–Kier alpha value is -0.960. The first-order valence-corrected chi connectivity index (χ1v) is 8.88. The molecule has 1 aromatic heterocycles. The molecule has 0 aliphatic rings. The first kappa shape index (κ1) is 18.1. The van der Waals surface area contributed by atoms with Crippen LogP contribution in [0.5, 0.6) is 0 Å². The van der Waals surface area contributed by atoms with Gasteiger partial charge in [0.25, 0.3) is 0 Å². The maximum Gasteiger partial charge on any atom is 0.0544 e. The van der Waals surface area contributed by atoms with Crippen molar-refractivity contribution in [3.63, 3.8) is 0 Å². The molecule has 1 N–H and O–H groups in total. The van der Waals surface area contributed by atoms with E-state index in [0.29, 0.717) is 6.04 Å². The fourth-order valence-electron chi connectivity index (χ4n) is 2.69. The van der Waals surface area contributed by atoms with E-state index >= 15 is 0 Å². The first-order chi connectivity index (χ1) is 10.4. The van der Waals surface area contributed by atoms with E-state index in [-0.39, 0.29) is 0 Å². The molecule has 0 radical (unpaired) electrons. The Morgan fingerprint density at radius 2 is 1.62 bits per heavy atom. The van der Waals surface area contributed by atoms with Crippen LogP contribution in [0.2, 0.25) is 0 Å². The van der Waals surface area contributed by atoms with Crippen molar-refractivity contribution < 1.29 is 0 Å². The number of rotatable bonds is 13. The number of hydrogen-bond donors (Lipinski definition) is 1.